The predicted molar refractivity (Wildman–Crippen MR) is 115 cm³/mol. The van der Waals surface area contributed by atoms with E-state index in [4.69, 9.17) is 4.74 Å². The smallest absolute Gasteiger partial charge is 0.269 e. The molecule has 0 saturated heterocycles. The molecule has 8 heteroatoms. The fourth-order valence-electron chi connectivity index (χ4n) is 2.54. The van der Waals surface area contributed by atoms with Gasteiger partial charge in [0.05, 0.1) is 9.40 Å². The summed E-state index contributed by atoms with van der Waals surface area (Å²) in [6, 6.07) is 21.0. The monoisotopic (exact) mass is 455 g/mol. The average molecular weight is 456 g/mol. The second-order valence-corrected chi connectivity index (χ2v) is 6.98. The molecule has 0 aliphatic heterocycles. The van der Waals surface area contributed by atoms with Crippen molar-refractivity contribution >= 4 is 38.9 Å². The van der Waals surface area contributed by atoms with Gasteiger partial charge in [-0.2, -0.15) is 0 Å². The van der Waals surface area contributed by atoms with Crippen LogP contribution in [0.15, 0.2) is 77.3 Å². The van der Waals surface area contributed by atoms with Crippen LogP contribution >= 0.6 is 15.9 Å². The number of nitrogens with one attached hydrogen (secondary N) is 2. The second-order valence-electron chi connectivity index (χ2n) is 6.13. The summed E-state index contributed by atoms with van der Waals surface area (Å²) in [5.74, 6) is 0.319. The number of nitrogens with zero attached hydrogens (tertiary/aromatic N) is 1. The van der Waals surface area contributed by atoms with Gasteiger partial charge >= 0.3 is 0 Å². The number of nitro groups is 1. The van der Waals surface area contributed by atoms with Gasteiger partial charge in [-0.3, -0.25) is 14.9 Å². The van der Waals surface area contributed by atoms with Crippen molar-refractivity contribution in [1.29, 1.82) is 0 Å². The van der Waals surface area contributed by atoms with Crippen molar-refractivity contribution in [3.8, 4) is 5.75 Å². The molecule has 0 aromatic heterocycles. The van der Waals surface area contributed by atoms with Crippen molar-refractivity contribution in [3.63, 3.8) is 0 Å². The number of non-ortho nitro benzene ring substituents is 1. The Labute approximate surface area is 176 Å². The number of ether oxygens (including phenoxy) is 1. The van der Waals surface area contributed by atoms with Crippen LogP contribution in [0, 0.1) is 10.1 Å². The predicted octanol–water partition coefficient (Wildman–Crippen LogP) is 4.99. The molecule has 3 aromatic carbocycles. The van der Waals surface area contributed by atoms with Crippen LogP contribution in [0.2, 0.25) is 0 Å². The quantitative estimate of drug-likeness (QED) is 0.368. The average Bonchev–Trinajstić information content (AvgIpc) is 2.72. The number of carbonyl (C=O) groups is 1. The van der Waals surface area contributed by atoms with Crippen LogP contribution in [0.3, 0.4) is 0 Å². The minimum Gasteiger partial charge on any atom is -0.483 e. The number of hydrogen-bond acceptors (Lipinski definition) is 5. The van der Waals surface area contributed by atoms with Gasteiger partial charge < -0.3 is 15.4 Å². The van der Waals surface area contributed by atoms with Gasteiger partial charge in [-0.1, -0.05) is 24.3 Å². The maximum atomic E-state index is 12.0. The molecule has 29 heavy (non-hydrogen) atoms. The van der Waals surface area contributed by atoms with Crippen LogP contribution in [-0.4, -0.2) is 17.4 Å². The summed E-state index contributed by atoms with van der Waals surface area (Å²) in [5, 5.41) is 16.7. The van der Waals surface area contributed by atoms with E-state index in [-0.39, 0.29) is 18.2 Å². The molecule has 3 rings (SSSR count). The Balaban J connectivity index is 1.51. The fourth-order valence-corrected chi connectivity index (χ4v) is 3.08. The number of rotatable bonds is 8. The van der Waals surface area contributed by atoms with Gasteiger partial charge in [-0.05, 0) is 57.9 Å². The first-order valence-corrected chi connectivity index (χ1v) is 9.55. The zero-order chi connectivity index (χ0) is 20.6. The Morgan fingerprint density at radius 1 is 1.00 bits per heavy atom. The van der Waals surface area contributed by atoms with E-state index in [1.54, 1.807) is 30.3 Å². The standard InChI is InChI=1S/C21H18BrN3O4/c22-19-12-15(13-23-16-7-9-18(10-8-16)25(27)28)6-11-20(19)29-14-21(26)24-17-4-2-1-3-5-17/h1-12,23H,13-14H2,(H,24,26). The highest BCUT2D eigenvalue weighted by Crippen LogP contribution is 2.26. The molecule has 0 saturated carbocycles. The van der Waals surface area contributed by atoms with E-state index in [1.165, 1.54) is 12.1 Å². The molecule has 2 N–H and O–H groups in total. The number of hydrogen-bond donors (Lipinski definition) is 2. The summed E-state index contributed by atoms with van der Waals surface area (Å²) in [6.45, 7) is 0.430. The van der Waals surface area contributed by atoms with Crippen LogP contribution in [-0.2, 0) is 11.3 Å². The molecule has 7 nitrogen and oxygen atoms in total. The number of benzene rings is 3. The Morgan fingerprint density at radius 3 is 2.38 bits per heavy atom. The Morgan fingerprint density at radius 2 is 1.72 bits per heavy atom. The fraction of sp³-hybridized carbons (Fsp3) is 0.0952. The van der Waals surface area contributed by atoms with E-state index >= 15 is 0 Å². The lowest BCUT2D eigenvalue weighted by atomic mass is 10.2. The largest absolute Gasteiger partial charge is 0.483 e. The summed E-state index contributed by atoms with van der Waals surface area (Å²) in [7, 11) is 0. The van der Waals surface area contributed by atoms with E-state index < -0.39 is 4.92 Å². The summed E-state index contributed by atoms with van der Waals surface area (Å²) in [5.41, 5.74) is 2.53. The summed E-state index contributed by atoms with van der Waals surface area (Å²) < 4.78 is 6.31. The molecule has 3 aromatic rings. The van der Waals surface area contributed by atoms with E-state index in [9.17, 15) is 14.9 Å². The van der Waals surface area contributed by atoms with Gasteiger partial charge in [0.1, 0.15) is 5.75 Å². The number of anilines is 2. The number of para-hydroxylation sites is 1. The van der Waals surface area contributed by atoms with Crippen molar-refractivity contribution < 1.29 is 14.5 Å². The third kappa shape index (κ3) is 6.05. The van der Waals surface area contributed by atoms with Crippen LogP contribution in [0.1, 0.15) is 5.56 Å². The Bertz CT molecular complexity index is 995. The molecule has 0 atom stereocenters. The minimum atomic E-state index is -0.431. The van der Waals surface area contributed by atoms with Crippen molar-refractivity contribution in [2.75, 3.05) is 17.2 Å². The summed E-state index contributed by atoms with van der Waals surface area (Å²) in [6.07, 6.45) is 0. The van der Waals surface area contributed by atoms with Crippen LogP contribution in [0.25, 0.3) is 0 Å². The topological polar surface area (TPSA) is 93.5 Å². The van der Waals surface area contributed by atoms with E-state index in [2.05, 4.69) is 26.6 Å². The summed E-state index contributed by atoms with van der Waals surface area (Å²) in [4.78, 5) is 22.2. The van der Waals surface area contributed by atoms with Gasteiger partial charge in [0, 0.05) is 30.1 Å². The molecule has 0 radical (unpaired) electrons. The van der Waals surface area contributed by atoms with E-state index in [1.807, 2.05) is 30.3 Å². The molecule has 148 valence electrons. The molecule has 0 spiro atoms. The normalized spacial score (nSPS) is 10.2. The van der Waals surface area contributed by atoms with Crippen LogP contribution in [0.4, 0.5) is 17.1 Å². The molecule has 0 aliphatic rings. The summed E-state index contributed by atoms with van der Waals surface area (Å²) >= 11 is 3.46. The second kappa shape index (κ2) is 9.70. The number of halogens is 1. The van der Waals surface area contributed by atoms with Crippen molar-refractivity contribution in [2.24, 2.45) is 0 Å². The number of amides is 1. The zero-order valence-electron chi connectivity index (χ0n) is 15.3. The van der Waals surface area contributed by atoms with Crippen molar-refractivity contribution in [1.82, 2.24) is 0 Å². The van der Waals surface area contributed by atoms with Gasteiger partial charge in [0.2, 0.25) is 0 Å². The van der Waals surface area contributed by atoms with E-state index in [0.717, 1.165) is 15.7 Å². The van der Waals surface area contributed by atoms with Crippen LogP contribution < -0.4 is 15.4 Å². The first kappa shape index (κ1) is 20.3. The maximum Gasteiger partial charge on any atom is 0.269 e. The minimum absolute atomic E-state index is 0.0519. The van der Waals surface area contributed by atoms with Gasteiger partial charge in [-0.25, -0.2) is 0 Å². The number of carbonyl (C=O) groups excluding carboxylic acids is 1. The molecule has 1 amide bonds. The molecular formula is C21H18BrN3O4. The zero-order valence-corrected chi connectivity index (χ0v) is 16.9. The SMILES string of the molecule is O=C(COc1ccc(CNc2ccc([N+](=O)[O-])cc2)cc1Br)Nc1ccccc1. The Kier molecular flexibility index (Phi) is 6.80. The Hall–Kier alpha value is -3.39. The van der Waals surface area contributed by atoms with Crippen molar-refractivity contribution in [2.45, 2.75) is 6.54 Å². The third-order valence-corrected chi connectivity index (χ3v) is 4.61. The molecule has 0 unspecified atom stereocenters. The van der Waals surface area contributed by atoms with Gasteiger partial charge in [0.25, 0.3) is 11.6 Å². The highest BCUT2D eigenvalue weighted by molar-refractivity contribution is 9.10. The highest BCUT2D eigenvalue weighted by Gasteiger charge is 2.08. The lowest BCUT2D eigenvalue weighted by molar-refractivity contribution is -0.384. The lowest BCUT2D eigenvalue weighted by Crippen LogP contribution is -2.20. The molecule has 0 aliphatic carbocycles. The molecule has 0 heterocycles. The first-order valence-electron chi connectivity index (χ1n) is 8.76. The lowest BCUT2D eigenvalue weighted by Gasteiger charge is -2.11. The molecular weight excluding hydrogens is 438 g/mol. The highest BCUT2D eigenvalue weighted by atomic mass is 79.9. The maximum absolute atomic E-state index is 12.0. The van der Waals surface area contributed by atoms with Crippen molar-refractivity contribution in [3.05, 3.63) is 92.9 Å². The third-order valence-electron chi connectivity index (χ3n) is 3.99. The van der Waals surface area contributed by atoms with E-state index in [0.29, 0.717) is 18.0 Å². The van der Waals surface area contributed by atoms with Crippen LogP contribution in [0.5, 0.6) is 5.75 Å². The first-order chi connectivity index (χ1) is 14.0. The molecule has 0 fully saturated rings. The number of nitro benzene ring substituents is 1. The van der Waals surface area contributed by atoms with Gasteiger partial charge in [0.15, 0.2) is 6.61 Å². The van der Waals surface area contributed by atoms with Gasteiger partial charge in [-0.15, -0.1) is 0 Å². The molecule has 0 bridgehead atoms.